The number of halogens is 1. The Morgan fingerprint density at radius 3 is 2.47 bits per heavy atom. The Labute approximate surface area is 118 Å². The third kappa shape index (κ3) is 3.25. The molecule has 0 amide bonds. The van der Waals surface area contributed by atoms with Gasteiger partial charge in [-0.3, -0.25) is 0 Å². The van der Waals surface area contributed by atoms with Gasteiger partial charge in [0.2, 0.25) is 0 Å². The van der Waals surface area contributed by atoms with Gasteiger partial charge in [0.05, 0.1) is 37.1 Å². The maximum atomic E-state index is 10.0. The second-order valence-corrected chi connectivity index (χ2v) is 5.20. The summed E-state index contributed by atoms with van der Waals surface area (Å²) in [7, 11) is 3.17. The molecule has 0 bridgehead atoms. The van der Waals surface area contributed by atoms with Crippen molar-refractivity contribution in [1.82, 2.24) is 0 Å². The molecule has 1 aliphatic rings. The van der Waals surface area contributed by atoms with Gasteiger partial charge in [-0.05, 0) is 18.9 Å². The fourth-order valence-corrected chi connectivity index (χ4v) is 2.69. The van der Waals surface area contributed by atoms with E-state index in [-0.39, 0.29) is 12.1 Å². The number of ether oxygens (including phenoxy) is 2. The number of aliphatic hydroxyl groups excluding tert-OH is 1. The highest BCUT2D eigenvalue weighted by atomic mass is 35.5. The molecule has 19 heavy (non-hydrogen) atoms. The first-order chi connectivity index (χ1) is 9.15. The van der Waals surface area contributed by atoms with Crippen LogP contribution in [0.3, 0.4) is 0 Å². The fraction of sp³-hybridized carbons (Fsp3) is 0.571. The van der Waals surface area contributed by atoms with Crippen molar-refractivity contribution in [2.75, 3.05) is 19.5 Å². The van der Waals surface area contributed by atoms with Gasteiger partial charge in [0.25, 0.3) is 0 Å². The van der Waals surface area contributed by atoms with Gasteiger partial charge in [0, 0.05) is 6.07 Å². The van der Waals surface area contributed by atoms with Crippen LogP contribution >= 0.6 is 11.6 Å². The molecule has 2 atom stereocenters. The highest BCUT2D eigenvalue weighted by Gasteiger charge is 2.24. The maximum Gasteiger partial charge on any atom is 0.145 e. The van der Waals surface area contributed by atoms with Gasteiger partial charge in [-0.25, -0.2) is 0 Å². The number of rotatable bonds is 4. The van der Waals surface area contributed by atoms with Crippen LogP contribution in [0.15, 0.2) is 12.1 Å². The van der Waals surface area contributed by atoms with Gasteiger partial charge in [-0.15, -0.1) is 0 Å². The molecule has 1 aromatic rings. The Balaban J connectivity index is 2.21. The van der Waals surface area contributed by atoms with Crippen molar-refractivity contribution in [3.63, 3.8) is 0 Å². The first kappa shape index (κ1) is 14.3. The number of aliphatic hydroxyl groups is 1. The van der Waals surface area contributed by atoms with Crippen molar-refractivity contribution in [2.45, 2.75) is 37.8 Å². The predicted octanol–water partition coefficient (Wildman–Crippen LogP) is 3.07. The van der Waals surface area contributed by atoms with E-state index in [1.807, 2.05) is 0 Å². The third-order valence-corrected chi connectivity index (χ3v) is 3.84. The van der Waals surface area contributed by atoms with E-state index in [0.29, 0.717) is 16.5 Å². The number of benzene rings is 1. The number of hydrogen-bond acceptors (Lipinski definition) is 4. The molecule has 0 saturated heterocycles. The second-order valence-electron chi connectivity index (χ2n) is 4.79. The van der Waals surface area contributed by atoms with E-state index in [9.17, 15) is 5.11 Å². The molecule has 106 valence electrons. The Morgan fingerprint density at radius 2 is 1.84 bits per heavy atom. The van der Waals surface area contributed by atoms with Crippen LogP contribution in [0.2, 0.25) is 5.02 Å². The monoisotopic (exact) mass is 285 g/mol. The molecule has 0 heterocycles. The maximum absolute atomic E-state index is 10.0. The second kappa shape index (κ2) is 6.35. The zero-order valence-corrected chi connectivity index (χ0v) is 12.0. The summed E-state index contributed by atoms with van der Waals surface area (Å²) < 4.78 is 10.5. The average molecular weight is 286 g/mol. The summed E-state index contributed by atoms with van der Waals surface area (Å²) in [4.78, 5) is 0. The van der Waals surface area contributed by atoms with E-state index in [1.165, 1.54) is 0 Å². The minimum absolute atomic E-state index is 0.0483. The Morgan fingerprint density at radius 1 is 1.16 bits per heavy atom. The van der Waals surface area contributed by atoms with Crippen LogP contribution in [-0.4, -0.2) is 31.5 Å². The normalized spacial score (nSPS) is 22.9. The van der Waals surface area contributed by atoms with Crippen molar-refractivity contribution in [3.05, 3.63) is 17.2 Å². The largest absolute Gasteiger partial charge is 0.495 e. The molecular weight excluding hydrogens is 266 g/mol. The minimum Gasteiger partial charge on any atom is -0.495 e. The summed E-state index contributed by atoms with van der Waals surface area (Å²) in [6.45, 7) is 0. The van der Waals surface area contributed by atoms with Crippen molar-refractivity contribution in [1.29, 1.82) is 0 Å². The van der Waals surface area contributed by atoms with E-state index in [4.69, 9.17) is 21.1 Å². The third-order valence-electron chi connectivity index (χ3n) is 3.54. The van der Waals surface area contributed by atoms with E-state index in [2.05, 4.69) is 5.32 Å². The summed E-state index contributed by atoms with van der Waals surface area (Å²) in [6.07, 6.45) is 3.68. The van der Waals surface area contributed by atoms with Gasteiger partial charge in [-0.1, -0.05) is 24.4 Å². The molecule has 1 aliphatic carbocycles. The Kier molecular flexibility index (Phi) is 4.77. The van der Waals surface area contributed by atoms with Gasteiger partial charge >= 0.3 is 0 Å². The summed E-state index contributed by atoms with van der Waals surface area (Å²) in [5.74, 6) is 1.24. The molecule has 0 aromatic heterocycles. The summed E-state index contributed by atoms with van der Waals surface area (Å²) >= 11 is 6.13. The lowest BCUT2D eigenvalue weighted by atomic mass is 9.92. The van der Waals surface area contributed by atoms with Crippen molar-refractivity contribution >= 4 is 17.3 Å². The van der Waals surface area contributed by atoms with Crippen LogP contribution < -0.4 is 14.8 Å². The van der Waals surface area contributed by atoms with Crippen molar-refractivity contribution in [2.24, 2.45) is 0 Å². The molecule has 0 unspecified atom stereocenters. The standard InChI is InChI=1S/C14H20ClNO3/c1-18-13-8-14(19-2)11(7-9(13)15)16-10-5-3-4-6-12(10)17/h7-8,10,12,16-17H,3-6H2,1-2H3/t10-,12-/m0/s1. The zero-order chi connectivity index (χ0) is 13.8. The summed E-state index contributed by atoms with van der Waals surface area (Å²) in [5, 5.41) is 13.9. The number of anilines is 1. The van der Waals surface area contributed by atoms with Gasteiger partial charge < -0.3 is 19.9 Å². The van der Waals surface area contributed by atoms with Gasteiger partial charge in [0.1, 0.15) is 11.5 Å². The molecule has 2 rings (SSSR count). The quantitative estimate of drug-likeness (QED) is 0.893. The smallest absolute Gasteiger partial charge is 0.145 e. The number of methoxy groups -OCH3 is 2. The molecule has 5 heteroatoms. The van der Waals surface area contributed by atoms with E-state index < -0.39 is 0 Å². The fourth-order valence-electron chi connectivity index (χ4n) is 2.45. The lowest BCUT2D eigenvalue weighted by Gasteiger charge is -2.30. The van der Waals surface area contributed by atoms with E-state index in [0.717, 1.165) is 31.4 Å². The summed E-state index contributed by atoms with van der Waals surface area (Å²) in [5.41, 5.74) is 0.791. The first-order valence-corrected chi connectivity index (χ1v) is 6.89. The topological polar surface area (TPSA) is 50.7 Å². The zero-order valence-electron chi connectivity index (χ0n) is 11.3. The molecule has 1 saturated carbocycles. The lowest BCUT2D eigenvalue weighted by Crippen LogP contribution is -2.36. The lowest BCUT2D eigenvalue weighted by molar-refractivity contribution is 0.116. The molecule has 0 aliphatic heterocycles. The Hall–Kier alpha value is -1.13. The number of nitrogens with one attached hydrogen (secondary N) is 1. The van der Waals surface area contributed by atoms with Crippen molar-refractivity contribution < 1.29 is 14.6 Å². The van der Waals surface area contributed by atoms with Crippen LogP contribution in [-0.2, 0) is 0 Å². The molecule has 4 nitrogen and oxygen atoms in total. The molecular formula is C14H20ClNO3. The SMILES string of the molecule is COc1cc(OC)c(N[C@H]2CCCC[C@@H]2O)cc1Cl. The van der Waals surface area contributed by atoms with Gasteiger partial charge in [0.15, 0.2) is 0 Å². The molecule has 2 N–H and O–H groups in total. The number of hydrogen-bond donors (Lipinski definition) is 2. The van der Waals surface area contributed by atoms with Crippen LogP contribution in [0, 0.1) is 0 Å². The highest BCUT2D eigenvalue weighted by molar-refractivity contribution is 6.32. The van der Waals surface area contributed by atoms with Crippen LogP contribution in [0.4, 0.5) is 5.69 Å². The highest BCUT2D eigenvalue weighted by Crippen LogP contribution is 2.37. The molecule has 0 spiro atoms. The minimum atomic E-state index is -0.320. The van der Waals surface area contributed by atoms with Gasteiger partial charge in [-0.2, -0.15) is 0 Å². The predicted molar refractivity (Wildman–Crippen MR) is 76.4 cm³/mol. The van der Waals surface area contributed by atoms with E-state index >= 15 is 0 Å². The molecule has 1 fully saturated rings. The van der Waals surface area contributed by atoms with Crippen molar-refractivity contribution in [3.8, 4) is 11.5 Å². The van der Waals surface area contributed by atoms with E-state index in [1.54, 1.807) is 26.4 Å². The molecule has 1 aromatic carbocycles. The molecule has 0 radical (unpaired) electrons. The summed E-state index contributed by atoms with van der Waals surface area (Å²) in [6, 6.07) is 3.58. The Bertz CT molecular complexity index is 439. The average Bonchev–Trinajstić information content (AvgIpc) is 2.42. The van der Waals surface area contributed by atoms with Crippen LogP contribution in [0.1, 0.15) is 25.7 Å². The van der Waals surface area contributed by atoms with Crippen LogP contribution in [0.25, 0.3) is 0 Å². The van der Waals surface area contributed by atoms with Crippen LogP contribution in [0.5, 0.6) is 11.5 Å². The first-order valence-electron chi connectivity index (χ1n) is 6.52.